The number of benzene rings is 2. The van der Waals surface area contributed by atoms with Crippen molar-refractivity contribution in [3.05, 3.63) is 46.8 Å². The highest BCUT2D eigenvalue weighted by atomic mass is 28.4. The smallest absolute Gasteiger partial charge is 0.374 e. The minimum atomic E-state index is -2.59. The standard InChI is InChI=1S/C26H30N2O3Si/c1-5-29-32(30-6-2,31-7-3)16-9-8-11-19-14-15-21-24-20(19)12-10-13-22(24)26-25(21)23(17-27)18(4)28-26/h10,12-15H,4-9,11,16H2,1-3H3. The zero-order chi connectivity index (χ0) is 22.7. The van der Waals surface area contributed by atoms with Gasteiger partial charge in [0.2, 0.25) is 0 Å². The monoisotopic (exact) mass is 446 g/mol. The summed E-state index contributed by atoms with van der Waals surface area (Å²) in [4.78, 5) is 4.62. The van der Waals surface area contributed by atoms with Crippen LogP contribution in [0.2, 0.25) is 6.04 Å². The predicted octanol–water partition coefficient (Wildman–Crippen LogP) is 5.30. The number of unbranched alkanes of at least 4 members (excludes halogenated alkanes) is 1. The molecule has 5 nitrogen and oxygen atoms in total. The molecule has 2 aromatic carbocycles. The Kier molecular flexibility index (Phi) is 6.73. The van der Waals surface area contributed by atoms with Crippen LogP contribution in [0.3, 0.4) is 0 Å². The molecule has 0 spiro atoms. The number of nitriles is 1. The Labute approximate surface area is 190 Å². The normalized spacial score (nSPS) is 12.3. The first-order valence-corrected chi connectivity index (χ1v) is 13.4. The van der Waals surface area contributed by atoms with E-state index in [0.29, 0.717) is 30.7 Å². The van der Waals surface area contributed by atoms with Crippen molar-refractivity contribution in [3.63, 3.8) is 0 Å². The van der Waals surface area contributed by atoms with Gasteiger partial charge in [-0.2, -0.15) is 5.26 Å². The maximum absolute atomic E-state index is 9.63. The molecule has 166 valence electrons. The summed E-state index contributed by atoms with van der Waals surface area (Å²) in [6, 6.07) is 13.8. The van der Waals surface area contributed by atoms with Gasteiger partial charge in [-0.1, -0.05) is 36.9 Å². The van der Waals surface area contributed by atoms with Crippen molar-refractivity contribution in [1.82, 2.24) is 4.98 Å². The van der Waals surface area contributed by atoms with E-state index in [4.69, 9.17) is 13.3 Å². The summed E-state index contributed by atoms with van der Waals surface area (Å²) in [5.74, 6) is 0. The van der Waals surface area contributed by atoms with Crippen molar-refractivity contribution in [2.24, 2.45) is 0 Å². The van der Waals surface area contributed by atoms with Crippen LogP contribution in [0, 0.1) is 11.3 Å². The van der Waals surface area contributed by atoms with Crippen LogP contribution >= 0.6 is 0 Å². The molecule has 1 heterocycles. The molecule has 0 amide bonds. The zero-order valence-corrected chi connectivity index (χ0v) is 20.2. The first-order valence-electron chi connectivity index (χ1n) is 11.5. The predicted molar refractivity (Wildman–Crippen MR) is 131 cm³/mol. The first-order chi connectivity index (χ1) is 15.6. The summed E-state index contributed by atoms with van der Waals surface area (Å²) in [6.07, 6.45) is 2.99. The number of rotatable bonds is 11. The molecule has 0 N–H and O–H groups in total. The number of nitrogens with zero attached hydrogens (tertiary/aromatic N) is 2. The van der Waals surface area contributed by atoms with Crippen molar-refractivity contribution in [3.8, 4) is 17.3 Å². The first kappa shape index (κ1) is 22.6. The van der Waals surface area contributed by atoms with Gasteiger partial charge in [-0.3, -0.25) is 0 Å². The molecule has 2 aromatic rings. The molecular formula is C26H30N2O3Si. The molecule has 4 rings (SSSR count). The van der Waals surface area contributed by atoms with Crippen LogP contribution in [0.25, 0.3) is 39.4 Å². The SMILES string of the molecule is C=c1nc2c3cccc4c(CCCC[Si](OCC)(OCC)OCC)ccc(c-2c1C#N)c43. The third-order valence-electron chi connectivity index (χ3n) is 6.06. The fourth-order valence-corrected chi connectivity index (χ4v) is 7.52. The lowest BCUT2D eigenvalue weighted by Crippen LogP contribution is -2.45. The van der Waals surface area contributed by atoms with Crippen molar-refractivity contribution < 1.29 is 13.3 Å². The van der Waals surface area contributed by atoms with Gasteiger partial charge in [-0.05, 0) is 61.8 Å². The Hall–Kier alpha value is -2.56. The molecule has 6 heteroatoms. The molecular weight excluding hydrogens is 416 g/mol. The van der Waals surface area contributed by atoms with Gasteiger partial charge < -0.3 is 13.3 Å². The molecule has 0 saturated carbocycles. The van der Waals surface area contributed by atoms with E-state index in [1.807, 2.05) is 20.8 Å². The van der Waals surface area contributed by atoms with Crippen LogP contribution in [-0.2, 0) is 19.7 Å². The summed E-state index contributed by atoms with van der Waals surface area (Å²) in [5, 5.41) is 14.9. The number of aromatic nitrogens is 1. The molecule has 32 heavy (non-hydrogen) atoms. The molecule has 0 bridgehead atoms. The third-order valence-corrected chi connectivity index (χ3v) is 9.21. The minimum absolute atomic E-state index is 0.565. The van der Waals surface area contributed by atoms with Crippen molar-refractivity contribution in [2.75, 3.05) is 19.8 Å². The molecule has 0 unspecified atom stereocenters. The summed E-state index contributed by atoms with van der Waals surface area (Å²) < 4.78 is 18.0. The van der Waals surface area contributed by atoms with Gasteiger partial charge in [0, 0.05) is 36.8 Å². The van der Waals surface area contributed by atoms with Crippen LogP contribution in [-0.4, -0.2) is 33.6 Å². The van der Waals surface area contributed by atoms with E-state index < -0.39 is 8.80 Å². The van der Waals surface area contributed by atoms with E-state index in [9.17, 15) is 5.26 Å². The van der Waals surface area contributed by atoms with E-state index >= 15 is 0 Å². The van der Waals surface area contributed by atoms with E-state index in [2.05, 4.69) is 48.0 Å². The third kappa shape index (κ3) is 3.87. The highest BCUT2D eigenvalue weighted by molar-refractivity contribution is 6.60. The van der Waals surface area contributed by atoms with E-state index in [-0.39, 0.29) is 0 Å². The largest absolute Gasteiger partial charge is 0.500 e. The van der Waals surface area contributed by atoms with Crippen molar-refractivity contribution in [2.45, 2.75) is 46.1 Å². The molecule has 1 aliphatic carbocycles. The number of aryl methyl sites for hydroxylation is 1. The van der Waals surface area contributed by atoms with Crippen molar-refractivity contribution in [1.29, 1.82) is 5.26 Å². The summed E-state index contributed by atoms with van der Waals surface area (Å²) in [7, 11) is -2.59. The van der Waals surface area contributed by atoms with Gasteiger partial charge in [0.1, 0.15) is 6.07 Å². The highest BCUT2D eigenvalue weighted by Gasteiger charge is 2.39. The van der Waals surface area contributed by atoms with Crippen LogP contribution in [0.1, 0.15) is 44.7 Å². The second-order valence-corrected chi connectivity index (χ2v) is 10.7. The van der Waals surface area contributed by atoms with Crippen molar-refractivity contribution >= 4 is 36.9 Å². The average Bonchev–Trinajstić information content (AvgIpc) is 3.27. The fourth-order valence-electron chi connectivity index (χ4n) is 4.84. The summed E-state index contributed by atoms with van der Waals surface area (Å²) >= 11 is 0. The molecule has 0 radical (unpaired) electrons. The molecule has 0 aromatic heterocycles. The Balaban J connectivity index is 1.59. The topological polar surface area (TPSA) is 64.4 Å². The highest BCUT2D eigenvalue weighted by Crippen LogP contribution is 2.43. The summed E-state index contributed by atoms with van der Waals surface area (Å²) in [5.41, 5.74) is 3.75. The molecule has 0 atom stereocenters. The minimum Gasteiger partial charge on any atom is -0.374 e. The van der Waals surface area contributed by atoms with Gasteiger partial charge in [-0.15, -0.1) is 0 Å². The van der Waals surface area contributed by atoms with Gasteiger partial charge >= 0.3 is 8.80 Å². The fraction of sp³-hybridized carbons (Fsp3) is 0.385. The van der Waals surface area contributed by atoms with Crippen LogP contribution < -0.4 is 5.35 Å². The molecule has 1 aliphatic heterocycles. The second-order valence-electron chi connectivity index (χ2n) is 7.96. The molecule has 0 fully saturated rings. The number of hydrogen-bond acceptors (Lipinski definition) is 5. The number of hydrogen-bond donors (Lipinski definition) is 0. The van der Waals surface area contributed by atoms with E-state index in [1.165, 1.54) is 16.3 Å². The van der Waals surface area contributed by atoms with Gasteiger partial charge in [0.05, 0.1) is 16.6 Å². The van der Waals surface area contributed by atoms with Crippen LogP contribution in [0.5, 0.6) is 0 Å². The van der Waals surface area contributed by atoms with Gasteiger partial charge in [0.25, 0.3) is 0 Å². The maximum Gasteiger partial charge on any atom is 0.500 e. The lowest BCUT2D eigenvalue weighted by atomic mass is 9.97. The number of fused-ring (bicyclic) bond motifs is 3. The Morgan fingerprint density at radius 3 is 2.28 bits per heavy atom. The molecule has 2 aliphatic rings. The maximum atomic E-state index is 9.63. The Bertz CT molecular complexity index is 1250. The average molecular weight is 447 g/mol. The van der Waals surface area contributed by atoms with Crippen LogP contribution in [0.4, 0.5) is 0 Å². The lowest BCUT2D eigenvalue weighted by molar-refractivity contribution is 0.0707. The van der Waals surface area contributed by atoms with E-state index in [1.54, 1.807) is 0 Å². The summed E-state index contributed by atoms with van der Waals surface area (Å²) in [6.45, 7) is 11.8. The zero-order valence-electron chi connectivity index (χ0n) is 19.2. The quantitative estimate of drug-likeness (QED) is 0.231. The van der Waals surface area contributed by atoms with Crippen LogP contribution in [0.15, 0.2) is 30.3 Å². The molecule has 0 saturated heterocycles. The van der Waals surface area contributed by atoms with Gasteiger partial charge in [-0.25, -0.2) is 4.98 Å². The lowest BCUT2D eigenvalue weighted by Gasteiger charge is -2.28. The van der Waals surface area contributed by atoms with Gasteiger partial charge in [0.15, 0.2) is 0 Å². The Morgan fingerprint density at radius 2 is 1.62 bits per heavy atom. The second kappa shape index (κ2) is 9.51. The Morgan fingerprint density at radius 1 is 0.938 bits per heavy atom. The van der Waals surface area contributed by atoms with E-state index in [0.717, 1.165) is 47.3 Å².